The molecule has 7 N–H and O–H groups in total. The van der Waals surface area contributed by atoms with Gasteiger partial charge in [-0.05, 0) is 61.8 Å². The Hall–Kier alpha value is -2.10. The summed E-state index contributed by atoms with van der Waals surface area (Å²) in [5.41, 5.74) is 18.0. The van der Waals surface area contributed by atoms with Crippen molar-refractivity contribution in [2.75, 3.05) is 13.1 Å². The molecule has 1 amide bonds. The number of rotatable bonds is 10. The Morgan fingerprint density at radius 1 is 1.24 bits per heavy atom. The molecule has 3 aliphatic carbocycles. The van der Waals surface area contributed by atoms with E-state index in [2.05, 4.69) is 43.2 Å². The van der Waals surface area contributed by atoms with Crippen LogP contribution in [-0.2, 0) is 20.5 Å². The minimum Gasteiger partial charge on any atom is -0.405 e. The first kappa shape index (κ1) is 25.0. The lowest BCUT2D eigenvalue weighted by atomic mass is 9.43. The van der Waals surface area contributed by atoms with Crippen molar-refractivity contribution < 1.29 is 14.1 Å². The summed E-state index contributed by atoms with van der Waals surface area (Å²) in [6, 6.07) is 9.68. The third kappa shape index (κ3) is 4.97. The van der Waals surface area contributed by atoms with E-state index in [0.717, 1.165) is 12.8 Å². The van der Waals surface area contributed by atoms with Gasteiger partial charge in [-0.25, -0.2) is 0 Å². The quantitative estimate of drug-likeness (QED) is 0.179. The maximum atomic E-state index is 12.7. The standard InChI is InChI=1S/C25H40BN5O3/c1-24(2)17-13-20(24)25(3)21(14-17)33-26(34-25)18(12-16-8-5-4-6-9-16)15-31-22(32)19(27)10-7-11-30-23(28)29/h4-6,8-9,17-21H,7,10-15,27H2,1-3H3,(H,31,32)(H4,28,29,30)/t17-,18-,19+,20-,21+,25-/m1/s1. The fourth-order valence-electron chi connectivity index (χ4n) is 6.30. The van der Waals surface area contributed by atoms with Crippen LogP contribution in [-0.4, -0.2) is 49.8 Å². The summed E-state index contributed by atoms with van der Waals surface area (Å²) in [5.74, 6) is 1.06. The van der Waals surface area contributed by atoms with Gasteiger partial charge < -0.3 is 31.8 Å². The molecule has 0 aromatic heterocycles. The van der Waals surface area contributed by atoms with Gasteiger partial charge in [-0.2, -0.15) is 0 Å². The minimum atomic E-state index is -0.606. The number of nitrogens with zero attached hydrogens (tertiary/aromatic N) is 1. The van der Waals surface area contributed by atoms with Crippen LogP contribution in [0, 0.1) is 17.3 Å². The number of hydrogen-bond acceptors (Lipinski definition) is 5. The molecule has 5 rings (SSSR count). The van der Waals surface area contributed by atoms with Gasteiger partial charge in [0.15, 0.2) is 5.96 Å². The van der Waals surface area contributed by atoms with Crippen molar-refractivity contribution >= 4 is 19.0 Å². The molecule has 6 atom stereocenters. The fourth-order valence-corrected chi connectivity index (χ4v) is 6.30. The highest BCUT2D eigenvalue weighted by Crippen LogP contribution is 2.66. The summed E-state index contributed by atoms with van der Waals surface area (Å²) in [7, 11) is -0.358. The molecule has 1 aliphatic heterocycles. The lowest BCUT2D eigenvalue weighted by molar-refractivity contribution is -0.199. The Kier molecular flexibility index (Phi) is 7.26. The predicted molar refractivity (Wildman–Crippen MR) is 135 cm³/mol. The number of aliphatic imine (C=N–C) groups is 1. The molecule has 0 unspecified atom stereocenters. The van der Waals surface area contributed by atoms with E-state index in [4.69, 9.17) is 26.5 Å². The third-order valence-electron chi connectivity index (χ3n) is 8.54. The van der Waals surface area contributed by atoms with Crippen LogP contribution < -0.4 is 22.5 Å². The maximum Gasteiger partial charge on any atom is 0.463 e. The third-order valence-corrected chi connectivity index (χ3v) is 8.54. The molecular formula is C25H40BN5O3. The van der Waals surface area contributed by atoms with Gasteiger partial charge in [0.05, 0.1) is 17.7 Å². The lowest BCUT2D eigenvalue weighted by Gasteiger charge is -2.64. The van der Waals surface area contributed by atoms with Crippen molar-refractivity contribution in [2.24, 2.45) is 39.4 Å². The molecule has 2 bridgehead atoms. The summed E-state index contributed by atoms with van der Waals surface area (Å²) in [6.45, 7) is 7.85. The van der Waals surface area contributed by atoms with Gasteiger partial charge >= 0.3 is 7.12 Å². The highest BCUT2D eigenvalue weighted by atomic mass is 16.7. The highest BCUT2D eigenvalue weighted by molar-refractivity contribution is 6.47. The van der Waals surface area contributed by atoms with Crippen LogP contribution in [0.15, 0.2) is 35.3 Å². The molecule has 1 heterocycles. The number of benzene rings is 1. The Balaban J connectivity index is 1.39. The van der Waals surface area contributed by atoms with Gasteiger partial charge in [-0.15, -0.1) is 0 Å². The first-order valence-electron chi connectivity index (χ1n) is 12.6. The van der Waals surface area contributed by atoms with Gasteiger partial charge in [-0.1, -0.05) is 44.2 Å². The average molecular weight is 469 g/mol. The van der Waals surface area contributed by atoms with Crippen molar-refractivity contribution in [2.45, 2.75) is 76.4 Å². The summed E-state index contributed by atoms with van der Waals surface area (Å²) in [5, 5.41) is 3.05. The van der Waals surface area contributed by atoms with Crippen LogP contribution in [0.4, 0.5) is 0 Å². The van der Waals surface area contributed by atoms with Gasteiger partial charge in [0.2, 0.25) is 5.91 Å². The summed E-state index contributed by atoms with van der Waals surface area (Å²) < 4.78 is 13.3. The van der Waals surface area contributed by atoms with Crippen LogP contribution in [0.3, 0.4) is 0 Å². The van der Waals surface area contributed by atoms with Gasteiger partial charge in [0.25, 0.3) is 0 Å². The Bertz CT molecular complexity index is 894. The molecule has 8 nitrogen and oxygen atoms in total. The zero-order valence-corrected chi connectivity index (χ0v) is 20.7. The second kappa shape index (κ2) is 9.87. The zero-order valence-electron chi connectivity index (χ0n) is 20.7. The van der Waals surface area contributed by atoms with Crippen LogP contribution in [0.25, 0.3) is 0 Å². The lowest BCUT2D eigenvalue weighted by Crippen LogP contribution is -2.65. The van der Waals surface area contributed by atoms with Gasteiger partial charge in [0, 0.05) is 18.9 Å². The monoisotopic (exact) mass is 469 g/mol. The largest absolute Gasteiger partial charge is 0.463 e. The molecule has 1 aromatic carbocycles. The van der Waals surface area contributed by atoms with E-state index in [-0.39, 0.29) is 41.9 Å². The molecule has 34 heavy (non-hydrogen) atoms. The number of nitrogens with one attached hydrogen (secondary N) is 1. The first-order valence-corrected chi connectivity index (χ1v) is 12.6. The smallest absolute Gasteiger partial charge is 0.405 e. The Morgan fingerprint density at radius 2 is 1.97 bits per heavy atom. The van der Waals surface area contributed by atoms with Crippen LogP contribution in [0.5, 0.6) is 0 Å². The van der Waals surface area contributed by atoms with Crippen LogP contribution >= 0.6 is 0 Å². The minimum absolute atomic E-state index is 0.0112. The molecule has 0 spiro atoms. The molecule has 9 heteroatoms. The number of nitrogens with two attached hydrogens (primary N) is 3. The molecule has 4 aliphatic rings. The SMILES string of the molecule is CC1(C)[C@H]2C[C@@H]3OB([C@@H](CNC(=O)[C@@H](N)CCCN=C(N)N)Cc4ccccc4)O[C@]3(C)[C@@H]1C2. The summed E-state index contributed by atoms with van der Waals surface area (Å²) in [4.78, 5) is 16.6. The van der Waals surface area contributed by atoms with E-state index < -0.39 is 6.04 Å². The molecule has 186 valence electrons. The number of carbonyl (C=O) groups is 1. The first-order chi connectivity index (χ1) is 16.1. The molecule has 0 radical (unpaired) electrons. The van der Waals surface area contributed by atoms with Crippen molar-refractivity contribution in [3.05, 3.63) is 35.9 Å². The van der Waals surface area contributed by atoms with Crippen LogP contribution in [0.1, 0.15) is 52.0 Å². The Morgan fingerprint density at radius 3 is 2.65 bits per heavy atom. The van der Waals surface area contributed by atoms with Gasteiger partial charge in [-0.3, -0.25) is 9.79 Å². The molecule has 4 fully saturated rings. The number of guanidine groups is 1. The van der Waals surface area contributed by atoms with E-state index in [1.54, 1.807) is 0 Å². The average Bonchev–Trinajstić information content (AvgIpc) is 3.16. The van der Waals surface area contributed by atoms with E-state index in [9.17, 15) is 4.79 Å². The highest BCUT2D eigenvalue weighted by Gasteiger charge is 2.68. The number of amides is 1. The van der Waals surface area contributed by atoms with Gasteiger partial charge in [0.1, 0.15) is 0 Å². The summed E-state index contributed by atoms with van der Waals surface area (Å²) >= 11 is 0. The molecule has 3 saturated carbocycles. The van der Waals surface area contributed by atoms with Crippen molar-refractivity contribution in [1.82, 2.24) is 5.32 Å². The van der Waals surface area contributed by atoms with E-state index in [0.29, 0.717) is 37.8 Å². The maximum absolute atomic E-state index is 12.7. The Labute approximate surface area is 203 Å². The van der Waals surface area contributed by atoms with E-state index >= 15 is 0 Å². The van der Waals surface area contributed by atoms with Crippen LogP contribution in [0.2, 0.25) is 5.82 Å². The molecule has 1 saturated heterocycles. The molecular weight excluding hydrogens is 429 g/mol. The normalized spacial score (nSPS) is 30.6. The van der Waals surface area contributed by atoms with E-state index in [1.165, 1.54) is 12.0 Å². The fraction of sp³-hybridized carbons (Fsp3) is 0.680. The predicted octanol–water partition coefficient (Wildman–Crippen LogP) is 1.82. The molecule has 1 aromatic rings. The topological polar surface area (TPSA) is 138 Å². The number of carbonyl (C=O) groups excluding carboxylic acids is 1. The van der Waals surface area contributed by atoms with Crippen molar-refractivity contribution in [1.29, 1.82) is 0 Å². The second-order valence-electron chi connectivity index (χ2n) is 11.1. The summed E-state index contributed by atoms with van der Waals surface area (Å²) in [6.07, 6.45) is 4.28. The van der Waals surface area contributed by atoms with Crippen molar-refractivity contribution in [3.63, 3.8) is 0 Å². The van der Waals surface area contributed by atoms with Crippen molar-refractivity contribution in [3.8, 4) is 0 Å². The number of hydrogen-bond donors (Lipinski definition) is 4. The van der Waals surface area contributed by atoms with E-state index in [1.807, 2.05) is 18.2 Å². The second-order valence-corrected chi connectivity index (χ2v) is 11.1. The zero-order chi connectivity index (χ0) is 24.5.